The molecule has 1 fully saturated rings. The summed E-state index contributed by atoms with van der Waals surface area (Å²) < 4.78 is 6.32. The summed E-state index contributed by atoms with van der Waals surface area (Å²) in [5.41, 5.74) is 4.00. The first kappa shape index (κ1) is 25.3. The molecule has 0 amide bonds. The average molecular weight is 499 g/mol. The molecule has 2 heterocycles. The molecule has 1 aromatic heterocycles. The molecule has 0 aliphatic carbocycles. The maximum atomic E-state index is 12.4. The number of nitrogens with zero attached hydrogens (tertiary/aromatic N) is 3. The second-order valence-electron chi connectivity index (χ2n) is 9.74. The lowest BCUT2D eigenvalue weighted by Gasteiger charge is -2.35. The van der Waals surface area contributed by atoms with E-state index in [1.807, 2.05) is 48.5 Å². The molecule has 0 bridgehead atoms. The zero-order valence-electron chi connectivity index (χ0n) is 21.2. The number of aromatic nitrogens is 2. The van der Waals surface area contributed by atoms with E-state index >= 15 is 0 Å². The van der Waals surface area contributed by atoms with Gasteiger partial charge in [0.05, 0.1) is 30.2 Å². The number of piperazine rings is 1. The summed E-state index contributed by atoms with van der Waals surface area (Å²) in [5.74, 6) is 0.689. The number of fused-ring (bicyclic) bond motifs is 1. The predicted molar refractivity (Wildman–Crippen MR) is 146 cm³/mol. The van der Waals surface area contributed by atoms with Crippen molar-refractivity contribution in [3.05, 3.63) is 112 Å². The summed E-state index contributed by atoms with van der Waals surface area (Å²) in [5, 5.41) is 11.4. The summed E-state index contributed by atoms with van der Waals surface area (Å²) in [6.45, 7) is 6.90. The number of aryl methyl sites for hydroxylation is 1. The first-order valence-corrected chi connectivity index (χ1v) is 12.9. The van der Waals surface area contributed by atoms with Gasteiger partial charge in [0.1, 0.15) is 11.9 Å². The average Bonchev–Trinajstić information content (AvgIpc) is 2.91. The second kappa shape index (κ2) is 11.8. The number of aliphatic hydroxyl groups excluding tert-OH is 1. The number of para-hydroxylation sites is 1. The van der Waals surface area contributed by atoms with Crippen LogP contribution in [0.5, 0.6) is 0 Å². The maximum absolute atomic E-state index is 12.4. The van der Waals surface area contributed by atoms with Crippen molar-refractivity contribution in [1.82, 2.24) is 19.8 Å². The first-order valence-electron chi connectivity index (χ1n) is 12.9. The van der Waals surface area contributed by atoms with Gasteiger partial charge in [-0.3, -0.25) is 14.6 Å². The Morgan fingerprint density at radius 1 is 0.919 bits per heavy atom. The fraction of sp³-hybridized carbons (Fsp3) is 0.333. The van der Waals surface area contributed by atoms with E-state index in [0.717, 1.165) is 42.8 Å². The SMILES string of the molecule is Cc1ccccc1[C@@H](OC[C@H](O)CN1CCN(Cc2nc3ccccc3c(=O)[nH]2)CC1)c1ccccc1. The summed E-state index contributed by atoms with van der Waals surface area (Å²) in [4.78, 5) is 24.5. The third kappa shape index (κ3) is 6.32. The Hall–Kier alpha value is -3.36. The van der Waals surface area contributed by atoms with Crippen molar-refractivity contribution in [3.63, 3.8) is 0 Å². The molecule has 0 unspecified atom stereocenters. The van der Waals surface area contributed by atoms with Crippen molar-refractivity contribution in [2.75, 3.05) is 39.3 Å². The minimum Gasteiger partial charge on any atom is -0.389 e. The molecule has 192 valence electrons. The van der Waals surface area contributed by atoms with Crippen LogP contribution in [-0.4, -0.2) is 70.3 Å². The number of β-amino-alcohol motifs (C(OH)–C–C–N with tert-alkyl or cyclic N) is 1. The van der Waals surface area contributed by atoms with Crippen molar-refractivity contribution in [3.8, 4) is 0 Å². The van der Waals surface area contributed by atoms with Crippen LogP contribution in [-0.2, 0) is 11.3 Å². The Morgan fingerprint density at radius 2 is 1.59 bits per heavy atom. The van der Waals surface area contributed by atoms with Crippen LogP contribution in [0.1, 0.15) is 28.6 Å². The van der Waals surface area contributed by atoms with Gasteiger partial charge in [-0.2, -0.15) is 0 Å². The maximum Gasteiger partial charge on any atom is 0.258 e. The largest absolute Gasteiger partial charge is 0.389 e. The minimum atomic E-state index is -0.583. The Labute approximate surface area is 217 Å². The van der Waals surface area contributed by atoms with Gasteiger partial charge in [-0.25, -0.2) is 4.98 Å². The number of ether oxygens (including phenoxy) is 1. The fourth-order valence-electron chi connectivity index (χ4n) is 4.98. The van der Waals surface area contributed by atoms with Gasteiger partial charge in [0.25, 0.3) is 5.56 Å². The summed E-state index contributed by atoms with van der Waals surface area (Å²) in [6, 6.07) is 25.8. The summed E-state index contributed by atoms with van der Waals surface area (Å²) >= 11 is 0. The molecule has 1 saturated heterocycles. The van der Waals surface area contributed by atoms with Crippen molar-refractivity contribution in [1.29, 1.82) is 0 Å². The zero-order valence-corrected chi connectivity index (χ0v) is 21.2. The molecule has 0 saturated carbocycles. The molecular formula is C30H34N4O3. The summed E-state index contributed by atoms with van der Waals surface area (Å²) in [7, 11) is 0. The molecule has 3 aromatic carbocycles. The van der Waals surface area contributed by atoms with Gasteiger partial charge in [-0.05, 0) is 35.7 Å². The monoisotopic (exact) mass is 498 g/mol. The normalized spacial score (nSPS) is 16.6. The lowest BCUT2D eigenvalue weighted by molar-refractivity contribution is -0.0151. The Kier molecular flexibility index (Phi) is 8.06. The van der Waals surface area contributed by atoms with Gasteiger partial charge >= 0.3 is 0 Å². The van der Waals surface area contributed by atoms with Crippen LogP contribution in [0.25, 0.3) is 10.9 Å². The first-order chi connectivity index (χ1) is 18.1. The van der Waals surface area contributed by atoms with Crippen LogP contribution >= 0.6 is 0 Å². The Bertz CT molecular complexity index is 1370. The van der Waals surface area contributed by atoms with Crippen LogP contribution in [0, 0.1) is 6.92 Å². The van der Waals surface area contributed by atoms with Gasteiger partial charge < -0.3 is 14.8 Å². The molecule has 37 heavy (non-hydrogen) atoms. The molecule has 4 aromatic rings. The molecule has 0 spiro atoms. The number of nitrogens with one attached hydrogen (secondary N) is 1. The van der Waals surface area contributed by atoms with E-state index in [2.05, 4.69) is 51.0 Å². The fourth-order valence-corrected chi connectivity index (χ4v) is 4.98. The lowest BCUT2D eigenvalue weighted by Crippen LogP contribution is -2.49. The van der Waals surface area contributed by atoms with Gasteiger partial charge in [0, 0.05) is 32.7 Å². The number of H-pyrrole nitrogens is 1. The van der Waals surface area contributed by atoms with Crippen molar-refractivity contribution >= 4 is 10.9 Å². The lowest BCUT2D eigenvalue weighted by atomic mass is 9.97. The minimum absolute atomic E-state index is 0.0955. The third-order valence-corrected chi connectivity index (χ3v) is 7.00. The quantitative estimate of drug-likeness (QED) is 0.368. The van der Waals surface area contributed by atoms with E-state index in [4.69, 9.17) is 4.74 Å². The molecule has 0 radical (unpaired) electrons. The summed E-state index contributed by atoms with van der Waals surface area (Å²) in [6.07, 6.45) is -0.800. The highest BCUT2D eigenvalue weighted by molar-refractivity contribution is 5.77. The number of rotatable bonds is 9. The van der Waals surface area contributed by atoms with E-state index in [-0.39, 0.29) is 18.3 Å². The molecule has 1 aliphatic rings. The highest BCUT2D eigenvalue weighted by Crippen LogP contribution is 2.28. The van der Waals surface area contributed by atoms with Crippen molar-refractivity contribution in [2.24, 2.45) is 0 Å². The topological polar surface area (TPSA) is 81.7 Å². The third-order valence-electron chi connectivity index (χ3n) is 7.00. The Balaban J connectivity index is 1.14. The molecule has 2 N–H and O–H groups in total. The molecular weight excluding hydrogens is 464 g/mol. The van der Waals surface area contributed by atoms with E-state index < -0.39 is 6.10 Å². The smallest absolute Gasteiger partial charge is 0.258 e. The van der Waals surface area contributed by atoms with Gasteiger partial charge in [0.15, 0.2) is 0 Å². The van der Waals surface area contributed by atoms with E-state index in [1.165, 1.54) is 5.56 Å². The highest BCUT2D eigenvalue weighted by Gasteiger charge is 2.22. The van der Waals surface area contributed by atoms with Crippen LogP contribution in [0.15, 0.2) is 83.7 Å². The Morgan fingerprint density at radius 3 is 2.38 bits per heavy atom. The number of benzene rings is 3. The van der Waals surface area contributed by atoms with Gasteiger partial charge in [-0.1, -0.05) is 66.7 Å². The zero-order chi connectivity index (χ0) is 25.6. The second-order valence-corrected chi connectivity index (χ2v) is 9.74. The molecule has 1 aliphatic heterocycles. The highest BCUT2D eigenvalue weighted by atomic mass is 16.5. The molecule has 5 rings (SSSR count). The van der Waals surface area contributed by atoms with E-state index in [0.29, 0.717) is 24.3 Å². The van der Waals surface area contributed by atoms with Crippen LogP contribution in [0.3, 0.4) is 0 Å². The molecule has 7 nitrogen and oxygen atoms in total. The van der Waals surface area contributed by atoms with Crippen LogP contribution < -0.4 is 5.56 Å². The molecule has 7 heteroatoms. The van der Waals surface area contributed by atoms with Crippen LogP contribution in [0.4, 0.5) is 0 Å². The number of aromatic amines is 1. The van der Waals surface area contributed by atoms with Gasteiger partial charge in [-0.15, -0.1) is 0 Å². The van der Waals surface area contributed by atoms with E-state index in [1.54, 1.807) is 6.07 Å². The molecule has 2 atom stereocenters. The van der Waals surface area contributed by atoms with Gasteiger partial charge in [0.2, 0.25) is 0 Å². The number of hydrogen-bond acceptors (Lipinski definition) is 6. The number of hydrogen-bond donors (Lipinski definition) is 2. The van der Waals surface area contributed by atoms with Crippen LogP contribution in [0.2, 0.25) is 0 Å². The predicted octanol–water partition coefficient (Wildman–Crippen LogP) is 3.52. The standard InChI is InChI=1S/C30H34N4O3/c1-22-9-5-6-12-25(22)29(23-10-3-2-4-11-23)37-21-24(35)19-33-15-17-34(18-16-33)20-28-31-27-14-8-7-13-26(27)30(36)32-28/h2-14,24,29,35H,15-21H2,1H3,(H,31,32,36)/t24-,29+/m1/s1. The van der Waals surface area contributed by atoms with Crippen molar-refractivity contribution < 1.29 is 9.84 Å². The van der Waals surface area contributed by atoms with E-state index in [9.17, 15) is 9.90 Å². The van der Waals surface area contributed by atoms with Crippen molar-refractivity contribution in [2.45, 2.75) is 25.7 Å². The number of aliphatic hydroxyl groups is 1.